The highest BCUT2D eigenvalue weighted by molar-refractivity contribution is 7.16. The molecule has 2 rings (SSSR count). The summed E-state index contributed by atoms with van der Waals surface area (Å²) in [6.45, 7) is 4.38. The van der Waals surface area contributed by atoms with Crippen molar-refractivity contribution in [2.75, 3.05) is 7.05 Å². The number of thiophene rings is 1. The van der Waals surface area contributed by atoms with Crippen LogP contribution < -0.4 is 5.32 Å². The molecule has 0 aliphatic heterocycles. The Morgan fingerprint density at radius 3 is 2.46 bits per heavy atom. The van der Waals surface area contributed by atoms with Gasteiger partial charge in [-0.2, -0.15) is 0 Å². The van der Waals surface area contributed by atoms with E-state index in [1.54, 1.807) is 18.0 Å². The molecule has 1 atom stereocenters. The summed E-state index contributed by atoms with van der Waals surface area (Å²) in [6.07, 6.45) is -0.603. The molecule has 2 amide bonds. The van der Waals surface area contributed by atoms with Gasteiger partial charge in [0, 0.05) is 11.9 Å². The summed E-state index contributed by atoms with van der Waals surface area (Å²) in [6, 6.07) is 12.4. The maximum atomic E-state index is 12.7. The molecule has 0 spiro atoms. The Bertz CT molecular complexity index is 733. The van der Waals surface area contributed by atoms with Crippen molar-refractivity contribution in [2.45, 2.75) is 33.0 Å². The van der Waals surface area contributed by atoms with Crippen LogP contribution >= 0.6 is 22.9 Å². The zero-order valence-corrected chi connectivity index (χ0v) is 16.6. The molecule has 0 saturated heterocycles. The zero-order chi connectivity index (χ0) is 19.1. The number of likely N-dealkylation sites (N-methyl/N-ethyl adjacent to an activating group) is 1. The van der Waals surface area contributed by atoms with E-state index in [0.717, 1.165) is 10.4 Å². The summed E-state index contributed by atoms with van der Waals surface area (Å²) in [5.41, 5.74) is 0.891. The minimum atomic E-state index is -0.654. The molecule has 0 aliphatic carbocycles. The number of halogens is 1. The number of hydrogen-bond donors (Lipinski definition) is 1. The van der Waals surface area contributed by atoms with Crippen molar-refractivity contribution in [1.29, 1.82) is 0 Å². The lowest BCUT2D eigenvalue weighted by atomic mass is 10.0. The summed E-state index contributed by atoms with van der Waals surface area (Å²) < 4.78 is 5.91. The minimum absolute atomic E-state index is 0.0684. The van der Waals surface area contributed by atoms with Crippen LogP contribution in [0.5, 0.6) is 0 Å². The minimum Gasteiger partial charge on any atom is -0.445 e. The second kappa shape index (κ2) is 9.59. The van der Waals surface area contributed by atoms with Crippen LogP contribution in [0.3, 0.4) is 0 Å². The fraction of sp³-hybridized carbons (Fsp3) is 0.368. The average molecular weight is 395 g/mol. The standard InChI is InChI=1S/C19H23ClN2O3S/c1-13(2)17(18(23)22(3)11-15-9-10-16(20)26-15)21-19(24)25-12-14-7-5-4-6-8-14/h4-10,13,17H,11-12H2,1-3H3,(H,21,24). The molecule has 5 nitrogen and oxygen atoms in total. The largest absolute Gasteiger partial charge is 0.445 e. The molecule has 0 bridgehead atoms. The number of nitrogens with zero attached hydrogens (tertiary/aromatic N) is 1. The third-order valence-corrected chi connectivity index (χ3v) is 5.03. The lowest BCUT2D eigenvalue weighted by Crippen LogP contribution is -2.50. The molecule has 1 aromatic carbocycles. The fourth-order valence-electron chi connectivity index (χ4n) is 2.39. The topological polar surface area (TPSA) is 58.6 Å². The van der Waals surface area contributed by atoms with Crippen LogP contribution in [-0.4, -0.2) is 30.0 Å². The van der Waals surface area contributed by atoms with E-state index in [-0.39, 0.29) is 18.4 Å². The Morgan fingerprint density at radius 1 is 1.19 bits per heavy atom. The van der Waals surface area contributed by atoms with E-state index < -0.39 is 12.1 Å². The highest BCUT2D eigenvalue weighted by atomic mass is 35.5. The first-order valence-corrected chi connectivity index (χ1v) is 9.52. The average Bonchev–Trinajstić information content (AvgIpc) is 3.02. The normalized spacial score (nSPS) is 11.9. The highest BCUT2D eigenvalue weighted by Gasteiger charge is 2.27. The highest BCUT2D eigenvalue weighted by Crippen LogP contribution is 2.22. The predicted octanol–water partition coefficient (Wildman–Crippen LogP) is 4.31. The van der Waals surface area contributed by atoms with Gasteiger partial charge in [-0.3, -0.25) is 4.79 Å². The second-order valence-corrected chi connectivity index (χ2v) is 8.13. The SMILES string of the molecule is CC(C)C(NC(=O)OCc1ccccc1)C(=O)N(C)Cc1ccc(Cl)s1. The number of ether oxygens (including phenoxy) is 1. The number of hydrogen-bond acceptors (Lipinski definition) is 4. The van der Waals surface area contributed by atoms with Crippen LogP contribution in [0, 0.1) is 5.92 Å². The number of carbonyl (C=O) groups excluding carboxylic acids is 2. The number of carbonyl (C=O) groups is 2. The van der Waals surface area contributed by atoms with E-state index in [4.69, 9.17) is 16.3 Å². The van der Waals surface area contributed by atoms with E-state index in [1.165, 1.54) is 11.3 Å². The molecule has 1 heterocycles. The quantitative estimate of drug-likeness (QED) is 0.761. The van der Waals surface area contributed by atoms with Crippen LogP contribution in [0.15, 0.2) is 42.5 Å². The molecule has 1 N–H and O–H groups in total. The molecule has 0 radical (unpaired) electrons. The van der Waals surface area contributed by atoms with Gasteiger partial charge in [-0.15, -0.1) is 11.3 Å². The molecule has 0 fully saturated rings. The Kier molecular flexibility index (Phi) is 7.48. The van der Waals surface area contributed by atoms with Crippen LogP contribution in [0.2, 0.25) is 4.34 Å². The molecule has 140 valence electrons. The Balaban J connectivity index is 1.91. The van der Waals surface area contributed by atoms with Gasteiger partial charge in [0.15, 0.2) is 0 Å². The van der Waals surface area contributed by atoms with Crippen molar-refractivity contribution >= 4 is 34.9 Å². The van der Waals surface area contributed by atoms with Crippen molar-refractivity contribution in [2.24, 2.45) is 5.92 Å². The lowest BCUT2D eigenvalue weighted by Gasteiger charge is -2.26. The van der Waals surface area contributed by atoms with Gasteiger partial charge in [0.05, 0.1) is 10.9 Å². The van der Waals surface area contributed by atoms with Crippen molar-refractivity contribution in [3.63, 3.8) is 0 Å². The summed E-state index contributed by atoms with van der Waals surface area (Å²) >= 11 is 7.36. The molecule has 1 unspecified atom stereocenters. The maximum Gasteiger partial charge on any atom is 0.408 e. The first-order chi connectivity index (χ1) is 12.4. The lowest BCUT2D eigenvalue weighted by molar-refractivity contribution is -0.133. The zero-order valence-electron chi connectivity index (χ0n) is 15.1. The van der Waals surface area contributed by atoms with E-state index in [2.05, 4.69) is 5.32 Å². The van der Waals surface area contributed by atoms with Gasteiger partial charge in [-0.1, -0.05) is 55.8 Å². The fourth-order valence-corrected chi connectivity index (χ4v) is 3.53. The predicted molar refractivity (Wildman–Crippen MR) is 104 cm³/mol. The summed E-state index contributed by atoms with van der Waals surface area (Å²) in [5.74, 6) is -0.234. The van der Waals surface area contributed by atoms with Crippen molar-refractivity contribution in [3.05, 3.63) is 57.2 Å². The molecule has 0 aliphatic rings. The molecular weight excluding hydrogens is 372 g/mol. The summed E-state index contributed by atoms with van der Waals surface area (Å²) in [7, 11) is 1.71. The number of benzene rings is 1. The van der Waals surface area contributed by atoms with Crippen molar-refractivity contribution < 1.29 is 14.3 Å². The van der Waals surface area contributed by atoms with Gasteiger partial charge >= 0.3 is 6.09 Å². The maximum absolute atomic E-state index is 12.7. The smallest absolute Gasteiger partial charge is 0.408 e. The first-order valence-electron chi connectivity index (χ1n) is 8.33. The van der Waals surface area contributed by atoms with Crippen LogP contribution in [0.25, 0.3) is 0 Å². The van der Waals surface area contributed by atoms with Crippen molar-refractivity contribution in [1.82, 2.24) is 10.2 Å². The van der Waals surface area contributed by atoms with Crippen molar-refractivity contribution in [3.8, 4) is 0 Å². The molecule has 7 heteroatoms. The molecule has 26 heavy (non-hydrogen) atoms. The number of nitrogens with one attached hydrogen (secondary N) is 1. The van der Waals surface area contributed by atoms with E-state index in [0.29, 0.717) is 10.9 Å². The number of amides is 2. The molecule has 0 saturated carbocycles. The number of alkyl carbamates (subject to hydrolysis) is 1. The number of rotatable bonds is 7. The molecular formula is C19H23ClN2O3S. The summed E-state index contributed by atoms with van der Waals surface area (Å²) in [5, 5.41) is 2.68. The van der Waals surface area contributed by atoms with E-state index >= 15 is 0 Å². The van der Waals surface area contributed by atoms with Crippen LogP contribution in [-0.2, 0) is 22.7 Å². The molecule has 1 aromatic heterocycles. The van der Waals surface area contributed by atoms with Crippen LogP contribution in [0.1, 0.15) is 24.3 Å². The van der Waals surface area contributed by atoms with Crippen LogP contribution in [0.4, 0.5) is 4.79 Å². The van der Waals surface area contributed by atoms with Gasteiger partial charge < -0.3 is 15.0 Å². The van der Waals surface area contributed by atoms with Gasteiger partial charge in [0.2, 0.25) is 5.91 Å². The van der Waals surface area contributed by atoms with E-state index in [9.17, 15) is 9.59 Å². The Morgan fingerprint density at radius 2 is 1.88 bits per heavy atom. The Hall–Kier alpha value is -2.05. The third-order valence-electron chi connectivity index (χ3n) is 3.82. The monoisotopic (exact) mass is 394 g/mol. The van der Waals surface area contributed by atoms with Gasteiger partial charge in [-0.25, -0.2) is 4.79 Å². The van der Waals surface area contributed by atoms with E-state index in [1.807, 2.05) is 50.2 Å². The molecule has 2 aromatic rings. The second-order valence-electron chi connectivity index (χ2n) is 6.33. The summed E-state index contributed by atoms with van der Waals surface area (Å²) in [4.78, 5) is 27.4. The van der Waals surface area contributed by atoms with Gasteiger partial charge in [0.25, 0.3) is 0 Å². The van der Waals surface area contributed by atoms with Gasteiger partial charge in [0.1, 0.15) is 12.6 Å². The van der Waals surface area contributed by atoms with Gasteiger partial charge in [-0.05, 0) is 23.6 Å². The third kappa shape index (κ3) is 6.04. The first kappa shape index (κ1) is 20.3. The Labute approximate surface area is 162 Å².